The van der Waals surface area contributed by atoms with E-state index in [1.807, 2.05) is 12.1 Å². The first kappa shape index (κ1) is 12.2. The number of hydrogen-bond acceptors (Lipinski definition) is 3. The van der Waals surface area contributed by atoms with Gasteiger partial charge in [-0.1, -0.05) is 6.92 Å². The van der Waals surface area contributed by atoms with Crippen LogP contribution in [0.2, 0.25) is 0 Å². The predicted octanol–water partition coefficient (Wildman–Crippen LogP) is 3.49. The summed E-state index contributed by atoms with van der Waals surface area (Å²) in [5, 5.41) is 4.34. The number of imidazole rings is 1. The van der Waals surface area contributed by atoms with Crippen LogP contribution in [0.3, 0.4) is 0 Å². The van der Waals surface area contributed by atoms with Gasteiger partial charge in [0.15, 0.2) is 0 Å². The van der Waals surface area contributed by atoms with E-state index in [0.717, 1.165) is 36.4 Å². The number of hydrogen-bond donors (Lipinski definition) is 1. The zero-order valence-electron chi connectivity index (χ0n) is 11.0. The Morgan fingerprint density at radius 1 is 1.32 bits per heavy atom. The lowest BCUT2D eigenvalue weighted by Crippen LogP contribution is -2.05. The Morgan fingerprint density at radius 3 is 2.95 bits per heavy atom. The molecule has 0 aliphatic carbocycles. The molecule has 0 radical (unpaired) electrons. The van der Waals surface area contributed by atoms with Crippen molar-refractivity contribution in [3.63, 3.8) is 0 Å². The van der Waals surface area contributed by atoms with Gasteiger partial charge in [0.2, 0.25) is 0 Å². The first-order valence-electron chi connectivity index (χ1n) is 6.53. The number of aromatic nitrogens is 2. The summed E-state index contributed by atoms with van der Waals surface area (Å²) in [6.45, 7) is 3.12. The van der Waals surface area contributed by atoms with Gasteiger partial charge in [-0.15, -0.1) is 0 Å². The van der Waals surface area contributed by atoms with Crippen LogP contribution in [0.1, 0.15) is 18.3 Å². The molecule has 2 N–H and O–H groups in total. The van der Waals surface area contributed by atoms with Crippen molar-refractivity contribution < 1.29 is 0 Å². The van der Waals surface area contributed by atoms with Crippen LogP contribution in [0.5, 0.6) is 0 Å². The van der Waals surface area contributed by atoms with Crippen molar-refractivity contribution in [1.82, 2.24) is 9.55 Å². The molecule has 98 valence electrons. The van der Waals surface area contributed by atoms with Gasteiger partial charge in [0.05, 0.1) is 11.0 Å². The van der Waals surface area contributed by atoms with E-state index in [4.69, 9.17) is 5.73 Å². The molecule has 0 aliphatic rings. The van der Waals surface area contributed by atoms with Crippen LogP contribution in [0.25, 0.3) is 11.0 Å². The topological polar surface area (TPSA) is 43.8 Å². The number of aryl methyl sites for hydroxylation is 3. The minimum Gasteiger partial charge on any atom is -0.399 e. The Morgan fingerprint density at radius 2 is 2.21 bits per heavy atom. The predicted molar refractivity (Wildman–Crippen MR) is 81.5 cm³/mol. The van der Waals surface area contributed by atoms with E-state index in [9.17, 15) is 0 Å². The number of nitrogen functional groups attached to an aromatic ring is 1. The van der Waals surface area contributed by atoms with E-state index < -0.39 is 0 Å². The molecule has 0 saturated heterocycles. The first-order valence-corrected chi connectivity index (χ1v) is 7.48. The normalized spacial score (nSPS) is 11.2. The van der Waals surface area contributed by atoms with Gasteiger partial charge in [0, 0.05) is 18.7 Å². The summed E-state index contributed by atoms with van der Waals surface area (Å²) in [6.07, 6.45) is 1.99. The molecule has 3 nitrogen and oxygen atoms in total. The van der Waals surface area contributed by atoms with Crippen molar-refractivity contribution in [3.05, 3.63) is 46.4 Å². The van der Waals surface area contributed by atoms with Gasteiger partial charge in [-0.2, -0.15) is 11.3 Å². The number of thiophene rings is 1. The van der Waals surface area contributed by atoms with Gasteiger partial charge in [-0.05, 0) is 47.0 Å². The number of benzene rings is 1. The van der Waals surface area contributed by atoms with Gasteiger partial charge >= 0.3 is 0 Å². The Kier molecular flexibility index (Phi) is 3.25. The standard InChI is InChI=1S/C15H17N3S/c1-2-15-17-13-9-12(16)3-4-14(13)18(15)7-5-11-6-8-19-10-11/h3-4,6,8-10H,2,5,7,16H2,1H3. The third kappa shape index (κ3) is 2.36. The van der Waals surface area contributed by atoms with Gasteiger partial charge in [0.25, 0.3) is 0 Å². The van der Waals surface area contributed by atoms with Crippen molar-refractivity contribution in [3.8, 4) is 0 Å². The summed E-state index contributed by atoms with van der Waals surface area (Å²) in [5.74, 6) is 1.14. The van der Waals surface area contributed by atoms with E-state index in [2.05, 4.69) is 39.4 Å². The highest BCUT2D eigenvalue weighted by atomic mass is 32.1. The molecule has 3 rings (SSSR count). The second-order valence-electron chi connectivity index (χ2n) is 4.66. The molecule has 0 aliphatic heterocycles. The average Bonchev–Trinajstić information content (AvgIpc) is 3.02. The number of nitrogens with two attached hydrogens (primary N) is 1. The molecule has 0 amide bonds. The van der Waals surface area contributed by atoms with Crippen LogP contribution in [-0.2, 0) is 19.4 Å². The fourth-order valence-corrected chi connectivity index (χ4v) is 3.10. The molecular weight excluding hydrogens is 254 g/mol. The monoisotopic (exact) mass is 271 g/mol. The maximum absolute atomic E-state index is 5.83. The van der Waals surface area contributed by atoms with E-state index in [1.165, 1.54) is 11.1 Å². The van der Waals surface area contributed by atoms with Crippen LogP contribution in [0.4, 0.5) is 5.69 Å². The largest absolute Gasteiger partial charge is 0.399 e. The van der Waals surface area contributed by atoms with Gasteiger partial charge in [-0.25, -0.2) is 4.98 Å². The number of anilines is 1. The minimum absolute atomic E-state index is 0.776. The van der Waals surface area contributed by atoms with Crippen molar-refractivity contribution in [2.45, 2.75) is 26.3 Å². The van der Waals surface area contributed by atoms with Crippen LogP contribution in [0, 0.1) is 0 Å². The lowest BCUT2D eigenvalue weighted by molar-refractivity contribution is 0.675. The second-order valence-corrected chi connectivity index (χ2v) is 5.44. The van der Waals surface area contributed by atoms with Crippen molar-refractivity contribution >= 4 is 28.1 Å². The molecule has 0 spiro atoms. The van der Waals surface area contributed by atoms with Crippen LogP contribution in [-0.4, -0.2) is 9.55 Å². The van der Waals surface area contributed by atoms with Gasteiger partial charge < -0.3 is 10.3 Å². The average molecular weight is 271 g/mol. The Bertz CT molecular complexity index is 683. The summed E-state index contributed by atoms with van der Waals surface area (Å²) in [6, 6.07) is 8.16. The maximum Gasteiger partial charge on any atom is 0.109 e. The minimum atomic E-state index is 0.776. The summed E-state index contributed by atoms with van der Waals surface area (Å²) in [5.41, 5.74) is 10.2. The smallest absolute Gasteiger partial charge is 0.109 e. The van der Waals surface area contributed by atoms with E-state index in [1.54, 1.807) is 11.3 Å². The number of rotatable bonds is 4. The Balaban J connectivity index is 1.96. The SMILES string of the molecule is CCc1nc2cc(N)ccc2n1CCc1ccsc1. The first-order chi connectivity index (χ1) is 9.28. The van der Waals surface area contributed by atoms with Gasteiger partial charge in [0.1, 0.15) is 5.82 Å². The number of fused-ring (bicyclic) bond motifs is 1. The van der Waals surface area contributed by atoms with E-state index in [-0.39, 0.29) is 0 Å². The van der Waals surface area contributed by atoms with Crippen molar-refractivity contribution in [2.24, 2.45) is 0 Å². The van der Waals surface area contributed by atoms with Crippen LogP contribution >= 0.6 is 11.3 Å². The van der Waals surface area contributed by atoms with Crippen molar-refractivity contribution in [2.75, 3.05) is 5.73 Å². The summed E-state index contributed by atoms with van der Waals surface area (Å²) in [4.78, 5) is 4.68. The second kappa shape index (κ2) is 5.05. The molecule has 2 aromatic heterocycles. The molecule has 2 heterocycles. The zero-order valence-corrected chi connectivity index (χ0v) is 11.8. The fourth-order valence-electron chi connectivity index (χ4n) is 2.39. The maximum atomic E-state index is 5.83. The highest BCUT2D eigenvalue weighted by molar-refractivity contribution is 7.07. The van der Waals surface area contributed by atoms with E-state index in [0.29, 0.717) is 0 Å². The molecular formula is C15H17N3S. The molecule has 1 aromatic carbocycles. The van der Waals surface area contributed by atoms with Crippen molar-refractivity contribution in [1.29, 1.82) is 0 Å². The Hall–Kier alpha value is -1.81. The summed E-state index contributed by atoms with van der Waals surface area (Å²) >= 11 is 1.75. The number of nitrogens with zero attached hydrogens (tertiary/aromatic N) is 2. The third-order valence-corrected chi connectivity index (χ3v) is 4.10. The quantitative estimate of drug-likeness (QED) is 0.738. The zero-order chi connectivity index (χ0) is 13.2. The fraction of sp³-hybridized carbons (Fsp3) is 0.267. The molecule has 0 unspecified atom stereocenters. The summed E-state index contributed by atoms with van der Waals surface area (Å²) in [7, 11) is 0. The third-order valence-electron chi connectivity index (χ3n) is 3.37. The molecule has 3 aromatic rings. The lowest BCUT2D eigenvalue weighted by atomic mass is 10.2. The molecule has 0 saturated carbocycles. The van der Waals surface area contributed by atoms with Gasteiger partial charge in [-0.3, -0.25) is 0 Å². The highest BCUT2D eigenvalue weighted by Gasteiger charge is 2.09. The van der Waals surface area contributed by atoms with Crippen LogP contribution in [0.15, 0.2) is 35.0 Å². The molecule has 4 heteroatoms. The Labute approximate surface area is 116 Å². The molecule has 0 bridgehead atoms. The summed E-state index contributed by atoms with van der Waals surface area (Å²) < 4.78 is 2.31. The highest BCUT2D eigenvalue weighted by Crippen LogP contribution is 2.20. The molecule has 19 heavy (non-hydrogen) atoms. The van der Waals surface area contributed by atoms with Crippen LogP contribution < -0.4 is 5.73 Å². The lowest BCUT2D eigenvalue weighted by Gasteiger charge is -2.07. The molecule has 0 fully saturated rings. The molecule has 0 atom stereocenters. The van der Waals surface area contributed by atoms with E-state index >= 15 is 0 Å².